The molecule has 0 bridgehead atoms. The zero-order valence-corrected chi connectivity index (χ0v) is 18.0. The summed E-state index contributed by atoms with van der Waals surface area (Å²) in [6.45, 7) is 2.45. The Labute approximate surface area is 189 Å². The summed E-state index contributed by atoms with van der Waals surface area (Å²) >= 11 is 0. The summed E-state index contributed by atoms with van der Waals surface area (Å²) < 4.78 is 39.4. The quantitative estimate of drug-likeness (QED) is 0.564. The molecule has 0 aliphatic carbocycles. The Morgan fingerprint density at radius 2 is 1.67 bits per heavy atom. The van der Waals surface area contributed by atoms with Gasteiger partial charge in [0.25, 0.3) is 5.91 Å². The van der Waals surface area contributed by atoms with Crippen molar-refractivity contribution in [1.82, 2.24) is 14.9 Å². The van der Waals surface area contributed by atoms with E-state index in [-0.39, 0.29) is 12.1 Å². The number of nitrogens with zero attached hydrogens (tertiary/aromatic N) is 4. The van der Waals surface area contributed by atoms with Gasteiger partial charge < -0.3 is 9.80 Å². The number of carbonyl (C=O) groups excluding carboxylic acids is 1. The van der Waals surface area contributed by atoms with Crippen LogP contribution in [-0.4, -0.2) is 40.4 Å². The van der Waals surface area contributed by atoms with E-state index in [1.165, 1.54) is 12.1 Å². The third-order valence-corrected chi connectivity index (χ3v) is 6.20. The van der Waals surface area contributed by atoms with Crippen LogP contribution in [0.4, 0.5) is 19.0 Å². The lowest BCUT2D eigenvalue weighted by atomic mass is 10.0. The summed E-state index contributed by atoms with van der Waals surface area (Å²) in [7, 11) is 0. The summed E-state index contributed by atoms with van der Waals surface area (Å²) in [5, 5.41) is 0. The minimum absolute atomic E-state index is 0.0396. The Morgan fingerprint density at radius 3 is 2.39 bits per heavy atom. The highest BCUT2D eigenvalue weighted by atomic mass is 19.4. The number of rotatable bonds is 3. The van der Waals surface area contributed by atoms with E-state index in [4.69, 9.17) is 9.97 Å². The highest BCUT2D eigenvalue weighted by Crippen LogP contribution is 2.33. The standard InChI is InChI=1S/C25H23F3N4O/c26-25(27,28)19-10-6-9-18(15-19)24(33)32-14-11-21-20(16-32)23(31-12-4-5-13-31)30-22(29-21)17-7-2-1-3-8-17/h1-3,6-10,15H,4-5,11-14,16H2. The van der Waals surface area contributed by atoms with Gasteiger partial charge in [0.05, 0.1) is 17.8 Å². The molecule has 33 heavy (non-hydrogen) atoms. The van der Waals surface area contributed by atoms with Crippen molar-refractivity contribution in [2.24, 2.45) is 0 Å². The third-order valence-electron chi connectivity index (χ3n) is 6.20. The van der Waals surface area contributed by atoms with Gasteiger partial charge in [0, 0.05) is 42.7 Å². The molecule has 3 aromatic rings. The van der Waals surface area contributed by atoms with Crippen molar-refractivity contribution in [2.75, 3.05) is 24.5 Å². The molecule has 1 saturated heterocycles. The molecule has 8 heteroatoms. The van der Waals surface area contributed by atoms with Crippen LogP contribution in [-0.2, 0) is 19.1 Å². The van der Waals surface area contributed by atoms with Gasteiger partial charge in [0.15, 0.2) is 5.82 Å². The number of carbonyl (C=O) groups is 1. The first-order valence-electron chi connectivity index (χ1n) is 11.1. The number of fused-ring (bicyclic) bond motifs is 1. The van der Waals surface area contributed by atoms with Crippen molar-refractivity contribution < 1.29 is 18.0 Å². The normalized spacial score (nSPS) is 16.1. The fourth-order valence-electron chi connectivity index (χ4n) is 4.49. The monoisotopic (exact) mass is 452 g/mol. The molecule has 170 valence electrons. The molecule has 1 amide bonds. The Bertz CT molecular complexity index is 1170. The van der Waals surface area contributed by atoms with Crippen LogP contribution in [0, 0.1) is 0 Å². The maximum Gasteiger partial charge on any atom is 0.416 e. The van der Waals surface area contributed by atoms with Crippen LogP contribution in [0.2, 0.25) is 0 Å². The Hall–Kier alpha value is -3.42. The second kappa shape index (κ2) is 8.50. The highest BCUT2D eigenvalue weighted by Gasteiger charge is 2.33. The van der Waals surface area contributed by atoms with Crippen LogP contribution >= 0.6 is 0 Å². The first kappa shape index (κ1) is 21.4. The van der Waals surface area contributed by atoms with E-state index in [9.17, 15) is 18.0 Å². The van der Waals surface area contributed by atoms with Crippen molar-refractivity contribution in [1.29, 1.82) is 0 Å². The molecule has 0 N–H and O–H groups in total. The van der Waals surface area contributed by atoms with E-state index < -0.39 is 17.6 Å². The van der Waals surface area contributed by atoms with E-state index in [2.05, 4.69) is 4.90 Å². The Morgan fingerprint density at radius 1 is 0.909 bits per heavy atom. The molecule has 0 radical (unpaired) electrons. The van der Waals surface area contributed by atoms with Crippen molar-refractivity contribution in [3.63, 3.8) is 0 Å². The molecule has 1 aromatic heterocycles. The molecule has 5 rings (SSSR count). The second-order valence-electron chi connectivity index (χ2n) is 8.41. The van der Waals surface area contributed by atoms with Crippen molar-refractivity contribution >= 4 is 11.7 Å². The lowest BCUT2D eigenvalue weighted by Crippen LogP contribution is -2.38. The predicted molar refractivity (Wildman–Crippen MR) is 119 cm³/mol. The molecule has 2 aliphatic rings. The molecule has 0 atom stereocenters. The molecular formula is C25H23F3N4O. The van der Waals surface area contributed by atoms with Gasteiger partial charge >= 0.3 is 6.18 Å². The van der Waals surface area contributed by atoms with Gasteiger partial charge in [-0.05, 0) is 31.0 Å². The minimum Gasteiger partial charge on any atom is -0.356 e. The summed E-state index contributed by atoms with van der Waals surface area (Å²) in [6.07, 6.45) is -1.81. The minimum atomic E-state index is -4.49. The fraction of sp³-hybridized carbons (Fsp3) is 0.320. The molecule has 1 fully saturated rings. The van der Waals surface area contributed by atoms with E-state index in [1.54, 1.807) is 4.90 Å². The van der Waals surface area contributed by atoms with E-state index in [0.29, 0.717) is 18.8 Å². The highest BCUT2D eigenvalue weighted by molar-refractivity contribution is 5.94. The zero-order valence-electron chi connectivity index (χ0n) is 18.0. The first-order valence-corrected chi connectivity index (χ1v) is 11.1. The van der Waals surface area contributed by atoms with E-state index >= 15 is 0 Å². The second-order valence-corrected chi connectivity index (χ2v) is 8.41. The topological polar surface area (TPSA) is 49.3 Å². The fourth-order valence-corrected chi connectivity index (χ4v) is 4.49. The summed E-state index contributed by atoms with van der Waals surface area (Å²) in [5.74, 6) is 1.08. The number of amides is 1. The molecule has 2 aromatic carbocycles. The average molecular weight is 452 g/mol. The Balaban J connectivity index is 1.49. The lowest BCUT2D eigenvalue weighted by Gasteiger charge is -2.32. The summed E-state index contributed by atoms with van der Waals surface area (Å²) in [5.41, 5.74) is 1.95. The van der Waals surface area contributed by atoms with Crippen LogP contribution in [0.5, 0.6) is 0 Å². The number of anilines is 1. The first-order chi connectivity index (χ1) is 15.9. The molecule has 0 unspecified atom stereocenters. The van der Waals surface area contributed by atoms with Crippen LogP contribution in [0.25, 0.3) is 11.4 Å². The van der Waals surface area contributed by atoms with Gasteiger partial charge in [0.1, 0.15) is 5.82 Å². The number of alkyl halides is 3. The van der Waals surface area contributed by atoms with Gasteiger partial charge in [-0.25, -0.2) is 9.97 Å². The van der Waals surface area contributed by atoms with Crippen LogP contribution in [0.3, 0.4) is 0 Å². The smallest absolute Gasteiger partial charge is 0.356 e. The number of hydrogen-bond acceptors (Lipinski definition) is 4. The van der Waals surface area contributed by atoms with Crippen LogP contribution in [0.1, 0.15) is 40.0 Å². The maximum atomic E-state index is 13.1. The lowest BCUT2D eigenvalue weighted by molar-refractivity contribution is -0.137. The molecule has 2 aliphatic heterocycles. The number of hydrogen-bond donors (Lipinski definition) is 0. The summed E-state index contributed by atoms with van der Waals surface area (Å²) in [4.78, 5) is 26.6. The SMILES string of the molecule is O=C(c1cccc(C(F)(F)F)c1)N1CCc2nc(-c3ccccc3)nc(N3CCCC3)c2C1. The molecule has 0 spiro atoms. The van der Waals surface area contributed by atoms with E-state index in [0.717, 1.165) is 60.7 Å². The summed E-state index contributed by atoms with van der Waals surface area (Å²) in [6, 6.07) is 14.4. The van der Waals surface area contributed by atoms with Gasteiger partial charge in [-0.3, -0.25) is 4.79 Å². The Kier molecular flexibility index (Phi) is 5.52. The largest absolute Gasteiger partial charge is 0.416 e. The number of benzene rings is 2. The zero-order chi connectivity index (χ0) is 23.0. The molecular weight excluding hydrogens is 429 g/mol. The van der Waals surface area contributed by atoms with Gasteiger partial charge in [0.2, 0.25) is 0 Å². The van der Waals surface area contributed by atoms with Crippen LogP contribution in [0.15, 0.2) is 54.6 Å². The average Bonchev–Trinajstić information content (AvgIpc) is 3.37. The van der Waals surface area contributed by atoms with Gasteiger partial charge in [-0.2, -0.15) is 13.2 Å². The van der Waals surface area contributed by atoms with Gasteiger partial charge in [-0.15, -0.1) is 0 Å². The van der Waals surface area contributed by atoms with Crippen molar-refractivity contribution in [3.8, 4) is 11.4 Å². The molecule has 3 heterocycles. The number of aromatic nitrogens is 2. The van der Waals surface area contributed by atoms with Crippen molar-refractivity contribution in [3.05, 3.63) is 77.0 Å². The number of halogens is 3. The molecule has 0 saturated carbocycles. The van der Waals surface area contributed by atoms with Crippen molar-refractivity contribution in [2.45, 2.75) is 32.0 Å². The van der Waals surface area contributed by atoms with Crippen LogP contribution < -0.4 is 4.90 Å². The van der Waals surface area contributed by atoms with Gasteiger partial charge in [-0.1, -0.05) is 36.4 Å². The maximum absolute atomic E-state index is 13.1. The van der Waals surface area contributed by atoms with E-state index in [1.807, 2.05) is 30.3 Å². The predicted octanol–water partition coefficient (Wildman–Crippen LogP) is 4.96. The molecule has 5 nitrogen and oxygen atoms in total. The third kappa shape index (κ3) is 4.29.